The summed E-state index contributed by atoms with van der Waals surface area (Å²) in [6.07, 6.45) is -1.32. The predicted molar refractivity (Wildman–Crippen MR) is 77.8 cm³/mol. The minimum atomic E-state index is -0.830. The summed E-state index contributed by atoms with van der Waals surface area (Å²) < 4.78 is 15.1. The van der Waals surface area contributed by atoms with Crippen LogP contribution in [0.25, 0.3) is 0 Å². The van der Waals surface area contributed by atoms with Crippen molar-refractivity contribution in [2.75, 3.05) is 19.7 Å². The van der Waals surface area contributed by atoms with Gasteiger partial charge in [-0.2, -0.15) is 0 Å². The van der Waals surface area contributed by atoms with E-state index in [1.54, 1.807) is 25.1 Å². The van der Waals surface area contributed by atoms with E-state index in [0.29, 0.717) is 13.1 Å². The summed E-state index contributed by atoms with van der Waals surface area (Å²) in [6, 6.07) is 4.97. The van der Waals surface area contributed by atoms with Gasteiger partial charge in [0.15, 0.2) is 11.5 Å². The number of rotatable bonds is 5. The van der Waals surface area contributed by atoms with E-state index in [9.17, 15) is 9.59 Å². The highest BCUT2D eigenvalue weighted by molar-refractivity contribution is 5.73. The first-order chi connectivity index (χ1) is 10.0. The van der Waals surface area contributed by atoms with E-state index in [1.807, 2.05) is 20.8 Å². The molecule has 0 aliphatic rings. The molecule has 0 fully saturated rings. The first kappa shape index (κ1) is 16.8. The van der Waals surface area contributed by atoms with E-state index >= 15 is 0 Å². The normalized spacial score (nSPS) is 9.90. The summed E-state index contributed by atoms with van der Waals surface area (Å²) in [5.41, 5.74) is 0.872. The van der Waals surface area contributed by atoms with E-state index < -0.39 is 12.2 Å². The van der Waals surface area contributed by atoms with Gasteiger partial charge < -0.3 is 19.1 Å². The molecule has 6 nitrogen and oxygen atoms in total. The van der Waals surface area contributed by atoms with Gasteiger partial charge in [0.05, 0.1) is 6.61 Å². The average molecular weight is 295 g/mol. The second-order valence-electron chi connectivity index (χ2n) is 4.28. The molecular formula is C15H21NO5. The van der Waals surface area contributed by atoms with Crippen molar-refractivity contribution in [1.29, 1.82) is 0 Å². The smallest absolute Gasteiger partial charge is 0.434 e. The third-order valence-corrected chi connectivity index (χ3v) is 2.77. The number of nitrogens with zero attached hydrogens (tertiary/aromatic N) is 1. The first-order valence-electron chi connectivity index (χ1n) is 6.93. The highest BCUT2D eigenvalue weighted by Crippen LogP contribution is 2.29. The van der Waals surface area contributed by atoms with Crippen molar-refractivity contribution in [2.45, 2.75) is 27.7 Å². The zero-order valence-corrected chi connectivity index (χ0v) is 12.8. The SMILES string of the molecule is CCOC(=O)Oc1cc(C)ccc1OC(=O)N(CC)CC. The number of carbonyl (C=O) groups is 2. The molecule has 0 spiro atoms. The minimum Gasteiger partial charge on any atom is -0.434 e. The van der Waals surface area contributed by atoms with Crippen LogP contribution in [0.15, 0.2) is 18.2 Å². The molecule has 1 aromatic carbocycles. The largest absolute Gasteiger partial charge is 0.513 e. The summed E-state index contributed by atoms with van der Waals surface area (Å²) in [7, 11) is 0. The molecule has 1 aromatic rings. The third kappa shape index (κ3) is 4.98. The number of hydrogen-bond acceptors (Lipinski definition) is 5. The highest BCUT2D eigenvalue weighted by Gasteiger charge is 2.17. The van der Waals surface area contributed by atoms with Crippen LogP contribution in [0, 0.1) is 6.92 Å². The molecule has 0 heterocycles. The van der Waals surface area contributed by atoms with E-state index in [-0.39, 0.29) is 18.1 Å². The summed E-state index contributed by atoms with van der Waals surface area (Å²) >= 11 is 0. The summed E-state index contributed by atoms with van der Waals surface area (Å²) in [4.78, 5) is 24.9. The van der Waals surface area contributed by atoms with Gasteiger partial charge in [-0.1, -0.05) is 6.07 Å². The molecule has 21 heavy (non-hydrogen) atoms. The second-order valence-corrected chi connectivity index (χ2v) is 4.28. The van der Waals surface area contributed by atoms with Crippen molar-refractivity contribution in [3.05, 3.63) is 23.8 Å². The van der Waals surface area contributed by atoms with Gasteiger partial charge in [0.2, 0.25) is 0 Å². The monoisotopic (exact) mass is 295 g/mol. The van der Waals surface area contributed by atoms with E-state index in [0.717, 1.165) is 5.56 Å². The van der Waals surface area contributed by atoms with Crippen LogP contribution in [-0.2, 0) is 4.74 Å². The van der Waals surface area contributed by atoms with Gasteiger partial charge in [0.25, 0.3) is 0 Å². The Hall–Kier alpha value is -2.24. The Bertz CT molecular complexity index is 497. The molecule has 0 saturated carbocycles. The molecular weight excluding hydrogens is 274 g/mol. The molecule has 0 aliphatic carbocycles. The Morgan fingerprint density at radius 2 is 1.71 bits per heavy atom. The Balaban J connectivity index is 2.91. The molecule has 0 bridgehead atoms. The predicted octanol–water partition coefficient (Wildman–Crippen LogP) is 3.37. The minimum absolute atomic E-state index is 0.161. The average Bonchev–Trinajstić information content (AvgIpc) is 2.43. The van der Waals surface area contributed by atoms with Crippen molar-refractivity contribution in [1.82, 2.24) is 4.90 Å². The maximum Gasteiger partial charge on any atom is 0.513 e. The fourth-order valence-corrected chi connectivity index (χ4v) is 1.66. The Morgan fingerprint density at radius 1 is 1.05 bits per heavy atom. The topological polar surface area (TPSA) is 65.1 Å². The molecule has 0 atom stereocenters. The van der Waals surface area contributed by atoms with Crippen molar-refractivity contribution in [3.63, 3.8) is 0 Å². The molecule has 0 aliphatic heterocycles. The lowest BCUT2D eigenvalue weighted by Crippen LogP contribution is -2.33. The van der Waals surface area contributed by atoms with Crippen molar-refractivity contribution >= 4 is 12.2 Å². The van der Waals surface area contributed by atoms with Crippen LogP contribution < -0.4 is 9.47 Å². The van der Waals surface area contributed by atoms with Crippen LogP contribution in [-0.4, -0.2) is 36.8 Å². The van der Waals surface area contributed by atoms with Gasteiger partial charge in [0.1, 0.15) is 0 Å². The van der Waals surface area contributed by atoms with Gasteiger partial charge in [-0.25, -0.2) is 9.59 Å². The first-order valence-corrected chi connectivity index (χ1v) is 6.93. The standard InChI is InChI=1S/C15H21NO5/c1-5-16(6-2)14(17)20-12-9-8-11(4)10-13(12)21-15(18)19-7-3/h8-10H,5-7H2,1-4H3. The third-order valence-electron chi connectivity index (χ3n) is 2.77. The maximum atomic E-state index is 12.0. The Labute approximate surface area is 124 Å². The van der Waals surface area contributed by atoms with Crippen LogP contribution >= 0.6 is 0 Å². The Kier molecular flexibility index (Phi) is 6.52. The molecule has 0 unspecified atom stereocenters. The molecule has 1 amide bonds. The molecule has 0 aromatic heterocycles. The molecule has 0 radical (unpaired) electrons. The molecule has 0 saturated heterocycles. The van der Waals surface area contributed by atoms with E-state index in [4.69, 9.17) is 14.2 Å². The number of carbonyl (C=O) groups excluding carboxylic acids is 2. The van der Waals surface area contributed by atoms with Gasteiger partial charge in [0, 0.05) is 13.1 Å². The molecule has 6 heteroatoms. The highest BCUT2D eigenvalue weighted by atomic mass is 16.7. The van der Waals surface area contributed by atoms with Gasteiger partial charge in [-0.3, -0.25) is 0 Å². The maximum absolute atomic E-state index is 12.0. The summed E-state index contributed by atoms with van der Waals surface area (Å²) in [5, 5.41) is 0. The lowest BCUT2D eigenvalue weighted by Gasteiger charge is -2.19. The van der Waals surface area contributed by atoms with Crippen LogP contribution in [0.1, 0.15) is 26.3 Å². The second kappa shape index (κ2) is 8.14. The number of aryl methyl sites for hydroxylation is 1. The quantitative estimate of drug-likeness (QED) is 0.615. The molecule has 1 rings (SSSR count). The van der Waals surface area contributed by atoms with Crippen molar-refractivity contribution < 1.29 is 23.8 Å². The number of amides is 1. The number of hydrogen-bond donors (Lipinski definition) is 0. The summed E-state index contributed by atoms with van der Waals surface area (Å²) in [6.45, 7) is 8.52. The molecule has 116 valence electrons. The fraction of sp³-hybridized carbons (Fsp3) is 0.467. The van der Waals surface area contributed by atoms with Crippen LogP contribution in [0.3, 0.4) is 0 Å². The number of benzene rings is 1. The van der Waals surface area contributed by atoms with Crippen molar-refractivity contribution in [3.8, 4) is 11.5 Å². The van der Waals surface area contributed by atoms with Gasteiger partial charge in [-0.15, -0.1) is 0 Å². The summed E-state index contributed by atoms with van der Waals surface area (Å²) in [5.74, 6) is 0.347. The van der Waals surface area contributed by atoms with Crippen LogP contribution in [0.4, 0.5) is 9.59 Å². The fourth-order valence-electron chi connectivity index (χ4n) is 1.66. The van der Waals surface area contributed by atoms with E-state index in [1.165, 1.54) is 4.90 Å². The van der Waals surface area contributed by atoms with Crippen LogP contribution in [0.2, 0.25) is 0 Å². The molecule has 0 N–H and O–H groups in total. The van der Waals surface area contributed by atoms with E-state index in [2.05, 4.69) is 0 Å². The Morgan fingerprint density at radius 3 is 2.29 bits per heavy atom. The van der Waals surface area contributed by atoms with Gasteiger partial charge in [-0.05, 0) is 45.4 Å². The number of ether oxygens (including phenoxy) is 3. The zero-order chi connectivity index (χ0) is 15.8. The lowest BCUT2D eigenvalue weighted by molar-refractivity contribution is 0.102. The van der Waals surface area contributed by atoms with Gasteiger partial charge >= 0.3 is 12.2 Å². The van der Waals surface area contributed by atoms with Crippen molar-refractivity contribution in [2.24, 2.45) is 0 Å². The lowest BCUT2D eigenvalue weighted by atomic mass is 10.2. The van der Waals surface area contributed by atoms with Crippen LogP contribution in [0.5, 0.6) is 11.5 Å². The zero-order valence-electron chi connectivity index (χ0n) is 12.8.